The molecule has 1 aromatic rings. The third kappa shape index (κ3) is 4.96. The van der Waals surface area contributed by atoms with Gasteiger partial charge < -0.3 is 5.32 Å². The van der Waals surface area contributed by atoms with E-state index in [1.807, 2.05) is 6.92 Å². The van der Waals surface area contributed by atoms with Crippen molar-refractivity contribution in [3.05, 3.63) is 30.1 Å². The number of nitrogens with zero attached hydrogens (tertiary/aromatic N) is 1. The van der Waals surface area contributed by atoms with Crippen molar-refractivity contribution >= 4 is 21.6 Å². The van der Waals surface area contributed by atoms with Gasteiger partial charge in [-0.25, -0.2) is 12.8 Å². The van der Waals surface area contributed by atoms with Crippen LogP contribution in [0.3, 0.4) is 0 Å². The Balaban J connectivity index is 2.71. The summed E-state index contributed by atoms with van der Waals surface area (Å²) in [6.07, 6.45) is 1.64. The van der Waals surface area contributed by atoms with Crippen LogP contribution in [0.1, 0.15) is 13.3 Å². The topological polar surface area (TPSA) is 66.5 Å². The molecule has 0 bridgehead atoms. The number of carbonyl (C=O) groups is 1. The van der Waals surface area contributed by atoms with Crippen LogP contribution in [0.4, 0.5) is 10.1 Å². The average molecular weight is 288 g/mol. The van der Waals surface area contributed by atoms with E-state index < -0.39 is 21.7 Å². The fraction of sp³-hybridized carbons (Fsp3) is 0.417. The number of para-hydroxylation sites is 1. The maximum absolute atomic E-state index is 13.3. The smallest absolute Gasteiger partial charge is 0.239 e. The quantitative estimate of drug-likeness (QED) is 0.861. The number of hydrogen-bond acceptors (Lipinski definition) is 3. The zero-order valence-electron chi connectivity index (χ0n) is 10.9. The van der Waals surface area contributed by atoms with Crippen LogP contribution < -0.4 is 5.32 Å². The average Bonchev–Trinajstić information content (AvgIpc) is 2.30. The summed E-state index contributed by atoms with van der Waals surface area (Å²) < 4.78 is 37.3. The first-order chi connectivity index (χ1) is 8.84. The molecule has 1 N–H and O–H groups in total. The first-order valence-corrected chi connectivity index (χ1v) is 7.69. The van der Waals surface area contributed by atoms with Gasteiger partial charge in [0.05, 0.1) is 18.5 Å². The molecular formula is C12H17FN2O3S. The van der Waals surface area contributed by atoms with Gasteiger partial charge in [-0.2, -0.15) is 4.31 Å². The van der Waals surface area contributed by atoms with Crippen molar-refractivity contribution in [2.24, 2.45) is 0 Å². The summed E-state index contributed by atoms with van der Waals surface area (Å²) in [5.41, 5.74) is 0.0393. The second-order valence-electron chi connectivity index (χ2n) is 4.12. The van der Waals surface area contributed by atoms with E-state index in [0.29, 0.717) is 6.42 Å². The zero-order valence-corrected chi connectivity index (χ0v) is 11.7. The Morgan fingerprint density at radius 3 is 2.53 bits per heavy atom. The maximum atomic E-state index is 13.3. The Morgan fingerprint density at radius 1 is 1.37 bits per heavy atom. The van der Waals surface area contributed by atoms with Crippen molar-refractivity contribution in [2.75, 3.05) is 24.7 Å². The van der Waals surface area contributed by atoms with Crippen molar-refractivity contribution in [3.63, 3.8) is 0 Å². The van der Waals surface area contributed by atoms with E-state index >= 15 is 0 Å². The number of nitrogens with one attached hydrogen (secondary N) is 1. The molecule has 0 spiro atoms. The van der Waals surface area contributed by atoms with Crippen molar-refractivity contribution in [2.45, 2.75) is 13.3 Å². The summed E-state index contributed by atoms with van der Waals surface area (Å²) in [5, 5.41) is 2.35. The molecule has 0 saturated heterocycles. The molecule has 0 radical (unpaired) electrons. The van der Waals surface area contributed by atoms with E-state index in [0.717, 1.165) is 10.6 Å². The van der Waals surface area contributed by atoms with Gasteiger partial charge in [-0.15, -0.1) is 0 Å². The third-order valence-electron chi connectivity index (χ3n) is 2.41. The van der Waals surface area contributed by atoms with E-state index in [9.17, 15) is 17.6 Å². The number of halogens is 1. The molecule has 0 aromatic heterocycles. The largest absolute Gasteiger partial charge is 0.322 e. The second-order valence-corrected chi connectivity index (χ2v) is 6.11. The van der Waals surface area contributed by atoms with E-state index in [2.05, 4.69) is 5.32 Å². The molecule has 1 rings (SSSR count). The highest BCUT2D eigenvalue weighted by atomic mass is 32.2. The molecule has 19 heavy (non-hydrogen) atoms. The number of sulfonamides is 1. The SMILES string of the molecule is CCCN(CC(=O)Nc1ccccc1F)S(C)(=O)=O. The molecule has 0 aliphatic rings. The molecule has 106 valence electrons. The van der Waals surface area contributed by atoms with Crippen LogP contribution in [0.2, 0.25) is 0 Å². The number of benzene rings is 1. The minimum absolute atomic E-state index is 0.0393. The summed E-state index contributed by atoms with van der Waals surface area (Å²) in [6.45, 7) is 1.75. The lowest BCUT2D eigenvalue weighted by Gasteiger charge is -2.18. The summed E-state index contributed by atoms with van der Waals surface area (Å²) >= 11 is 0. The molecule has 0 unspecified atom stereocenters. The first-order valence-electron chi connectivity index (χ1n) is 5.84. The lowest BCUT2D eigenvalue weighted by atomic mass is 10.3. The molecule has 0 atom stereocenters. The molecule has 0 aliphatic carbocycles. The highest BCUT2D eigenvalue weighted by molar-refractivity contribution is 7.88. The third-order valence-corrected chi connectivity index (χ3v) is 3.66. The number of anilines is 1. The van der Waals surface area contributed by atoms with Gasteiger partial charge in [0.2, 0.25) is 15.9 Å². The summed E-state index contributed by atoms with van der Waals surface area (Å²) in [4.78, 5) is 11.7. The van der Waals surface area contributed by atoms with Gasteiger partial charge in [0.1, 0.15) is 5.82 Å². The van der Waals surface area contributed by atoms with E-state index in [4.69, 9.17) is 0 Å². The Kier molecular flexibility index (Phi) is 5.44. The highest BCUT2D eigenvalue weighted by Gasteiger charge is 2.19. The molecule has 7 heteroatoms. The highest BCUT2D eigenvalue weighted by Crippen LogP contribution is 2.12. The van der Waals surface area contributed by atoms with Crippen LogP contribution in [0.5, 0.6) is 0 Å². The normalized spacial score (nSPS) is 11.6. The van der Waals surface area contributed by atoms with Crippen molar-refractivity contribution in [1.29, 1.82) is 0 Å². The van der Waals surface area contributed by atoms with Crippen molar-refractivity contribution in [1.82, 2.24) is 4.31 Å². The summed E-state index contributed by atoms with van der Waals surface area (Å²) in [7, 11) is -3.45. The molecule has 0 heterocycles. The predicted octanol–water partition coefficient (Wildman–Crippen LogP) is 1.44. The van der Waals surface area contributed by atoms with Crippen molar-refractivity contribution < 1.29 is 17.6 Å². The molecule has 0 saturated carbocycles. The Morgan fingerprint density at radius 2 is 2.00 bits per heavy atom. The van der Waals surface area contributed by atoms with Crippen LogP contribution >= 0.6 is 0 Å². The van der Waals surface area contributed by atoms with Gasteiger partial charge in [0.25, 0.3) is 0 Å². The van der Waals surface area contributed by atoms with Crippen LogP contribution in [0, 0.1) is 5.82 Å². The Bertz CT molecular complexity index is 546. The Hall–Kier alpha value is -1.47. The first kappa shape index (κ1) is 15.6. The fourth-order valence-corrected chi connectivity index (χ4v) is 2.39. The molecule has 0 fully saturated rings. The van der Waals surface area contributed by atoms with Gasteiger partial charge in [-0.1, -0.05) is 19.1 Å². The molecular weight excluding hydrogens is 271 g/mol. The molecule has 5 nitrogen and oxygen atoms in total. The van der Waals surface area contributed by atoms with Gasteiger partial charge in [0, 0.05) is 6.54 Å². The maximum Gasteiger partial charge on any atom is 0.239 e. The minimum atomic E-state index is -3.45. The summed E-state index contributed by atoms with van der Waals surface area (Å²) in [6, 6.07) is 5.72. The van der Waals surface area contributed by atoms with E-state index in [1.54, 1.807) is 6.07 Å². The van der Waals surface area contributed by atoms with E-state index in [-0.39, 0.29) is 18.8 Å². The number of rotatable bonds is 6. The van der Waals surface area contributed by atoms with Gasteiger partial charge in [-0.3, -0.25) is 4.79 Å². The van der Waals surface area contributed by atoms with Crippen LogP contribution in [0.15, 0.2) is 24.3 Å². The zero-order chi connectivity index (χ0) is 14.5. The van der Waals surface area contributed by atoms with Gasteiger partial charge in [0.15, 0.2) is 0 Å². The van der Waals surface area contributed by atoms with Crippen molar-refractivity contribution in [3.8, 4) is 0 Å². The molecule has 0 aliphatic heterocycles. The van der Waals surface area contributed by atoms with Crippen LogP contribution in [-0.4, -0.2) is 38.0 Å². The predicted molar refractivity (Wildman–Crippen MR) is 71.7 cm³/mol. The number of carbonyl (C=O) groups excluding carboxylic acids is 1. The van der Waals surface area contributed by atoms with Gasteiger partial charge >= 0.3 is 0 Å². The standard InChI is InChI=1S/C12H17FN2O3S/c1-3-8-15(19(2,17)18)9-12(16)14-11-7-5-4-6-10(11)13/h4-7H,3,8-9H2,1-2H3,(H,14,16). The monoisotopic (exact) mass is 288 g/mol. The number of amides is 1. The Labute approximate surface area is 112 Å². The van der Waals surface area contributed by atoms with E-state index in [1.165, 1.54) is 18.2 Å². The lowest BCUT2D eigenvalue weighted by molar-refractivity contribution is -0.116. The molecule has 1 amide bonds. The van der Waals surface area contributed by atoms with Crippen LogP contribution in [0.25, 0.3) is 0 Å². The summed E-state index contributed by atoms with van der Waals surface area (Å²) in [5.74, 6) is -1.12. The second kappa shape index (κ2) is 6.63. The fourth-order valence-electron chi connectivity index (χ4n) is 1.52. The minimum Gasteiger partial charge on any atom is -0.322 e. The number of hydrogen-bond donors (Lipinski definition) is 1. The van der Waals surface area contributed by atoms with Gasteiger partial charge in [-0.05, 0) is 18.6 Å². The van der Waals surface area contributed by atoms with Crippen LogP contribution in [-0.2, 0) is 14.8 Å². The lowest BCUT2D eigenvalue weighted by Crippen LogP contribution is -2.37. The molecule has 1 aromatic carbocycles.